The zero-order chi connectivity index (χ0) is 17.0. The van der Waals surface area contributed by atoms with Crippen LogP contribution >= 0.6 is 0 Å². The van der Waals surface area contributed by atoms with Crippen molar-refractivity contribution < 1.29 is 9.90 Å². The molecule has 2 atom stereocenters. The molecule has 1 aromatic rings. The predicted octanol–water partition coefficient (Wildman–Crippen LogP) is 0.742. The number of aryl methyl sites for hydroxylation is 2. The zero-order valence-corrected chi connectivity index (χ0v) is 14.6. The van der Waals surface area contributed by atoms with Crippen molar-refractivity contribution in [2.45, 2.75) is 46.3 Å². The van der Waals surface area contributed by atoms with E-state index in [0.717, 1.165) is 43.1 Å². The maximum absolute atomic E-state index is 12.3. The van der Waals surface area contributed by atoms with E-state index in [4.69, 9.17) is 0 Å². The molecule has 1 aromatic heterocycles. The Hall–Kier alpha value is -1.44. The van der Waals surface area contributed by atoms with Gasteiger partial charge in [0, 0.05) is 32.2 Å². The van der Waals surface area contributed by atoms with Gasteiger partial charge in [-0.05, 0) is 27.2 Å². The van der Waals surface area contributed by atoms with Crippen LogP contribution in [0.5, 0.6) is 0 Å². The fourth-order valence-electron chi connectivity index (χ4n) is 3.18. The Kier molecular flexibility index (Phi) is 6.15. The third-order valence-corrected chi connectivity index (χ3v) is 4.42. The summed E-state index contributed by atoms with van der Waals surface area (Å²) in [6.45, 7) is 11.4. The molecule has 1 aliphatic rings. The molecule has 0 spiro atoms. The second-order valence-electron chi connectivity index (χ2n) is 6.50. The molecule has 0 unspecified atom stereocenters. The van der Waals surface area contributed by atoms with Crippen LogP contribution in [0.1, 0.15) is 31.7 Å². The summed E-state index contributed by atoms with van der Waals surface area (Å²) in [6, 6.07) is 0.392. The molecular formula is C16H29N5O2. The molecule has 3 N–H and O–H groups in total. The highest BCUT2D eigenvalue weighted by atomic mass is 16.3. The lowest BCUT2D eigenvalue weighted by atomic mass is 10.1. The van der Waals surface area contributed by atoms with E-state index in [1.54, 1.807) is 0 Å². The number of carbonyl (C=O) groups excluding carboxylic acids is 1. The molecule has 7 heteroatoms. The van der Waals surface area contributed by atoms with Crippen LogP contribution in [0.25, 0.3) is 0 Å². The van der Waals surface area contributed by atoms with Gasteiger partial charge in [-0.15, -0.1) is 0 Å². The number of aromatic amines is 1. The Morgan fingerprint density at radius 1 is 1.48 bits per heavy atom. The summed E-state index contributed by atoms with van der Waals surface area (Å²) in [5, 5.41) is 19.5. The number of aromatic nitrogens is 2. The van der Waals surface area contributed by atoms with Gasteiger partial charge in [-0.25, -0.2) is 0 Å². The van der Waals surface area contributed by atoms with Gasteiger partial charge in [-0.1, -0.05) is 6.92 Å². The van der Waals surface area contributed by atoms with E-state index in [2.05, 4.69) is 32.2 Å². The average Bonchev–Trinajstić information content (AvgIpc) is 2.80. The van der Waals surface area contributed by atoms with Crippen molar-refractivity contribution in [3.63, 3.8) is 0 Å². The molecule has 23 heavy (non-hydrogen) atoms. The number of anilines is 1. The first-order chi connectivity index (χ1) is 10.9. The minimum Gasteiger partial charge on any atom is -0.392 e. The monoisotopic (exact) mass is 323 g/mol. The number of β-amino-alcohol motifs (C(OH)–C–C–N with tert-alkyl or cyclic N) is 1. The number of aliphatic hydroxyl groups excluding tert-OH is 1. The third kappa shape index (κ3) is 4.76. The number of piperazine rings is 1. The number of aliphatic hydroxyl groups is 1. The third-order valence-electron chi connectivity index (χ3n) is 4.42. The lowest BCUT2D eigenvalue weighted by Crippen LogP contribution is -2.55. The lowest BCUT2D eigenvalue weighted by molar-refractivity contribution is -0.118. The van der Waals surface area contributed by atoms with Crippen molar-refractivity contribution in [2.24, 2.45) is 0 Å². The van der Waals surface area contributed by atoms with Gasteiger partial charge >= 0.3 is 0 Å². The smallest absolute Gasteiger partial charge is 0.238 e. The van der Waals surface area contributed by atoms with Crippen LogP contribution in [0.15, 0.2) is 0 Å². The Morgan fingerprint density at radius 3 is 2.78 bits per heavy atom. The van der Waals surface area contributed by atoms with Crippen LogP contribution in [0.3, 0.4) is 0 Å². The summed E-state index contributed by atoms with van der Waals surface area (Å²) in [7, 11) is 0. The molecule has 7 nitrogen and oxygen atoms in total. The first-order valence-electron chi connectivity index (χ1n) is 8.36. The Balaban J connectivity index is 1.87. The van der Waals surface area contributed by atoms with E-state index in [1.807, 2.05) is 20.8 Å². The molecule has 0 saturated carbocycles. The molecule has 1 amide bonds. The molecule has 2 rings (SSSR count). The quantitative estimate of drug-likeness (QED) is 0.719. The molecule has 1 aliphatic heterocycles. The van der Waals surface area contributed by atoms with Crippen molar-refractivity contribution in [3.8, 4) is 0 Å². The molecule has 0 bridgehead atoms. The normalized spacial score (nSPS) is 21.3. The number of H-pyrrole nitrogens is 1. The highest BCUT2D eigenvalue weighted by Gasteiger charge is 2.27. The summed E-state index contributed by atoms with van der Waals surface area (Å²) in [5.74, 6) is -0.00331. The Morgan fingerprint density at radius 2 is 2.22 bits per heavy atom. The average molecular weight is 323 g/mol. The maximum atomic E-state index is 12.3. The predicted molar refractivity (Wildman–Crippen MR) is 90.5 cm³/mol. The topological polar surface area (TPSA) is 84.5 Å². The Labute approximate surface area is 138 Å². The van der Waals surface area contributed by atoms with Crippen LogP contribution in [0, 0.1) is 13.8 Å². The molecule has 1 saturated heterocycles. The SMILES string of the molecule is CC[C@@H]1CN(CC(=O)Nc2c(C)n[nH]c2C)CCN1C[C@H](C)O. The zero-order valence-electron chi connectivity index (χ0n) is 14.6. The first kappa shape index (κ1) is 17.9. The highest BCUT2D eigenvalue weighted by Crippen LogP contribution is 2.17. The second-order valence-corrected chi connectivity index (χ2v) is 6.50. The molecule has 130 valence electrons. The molecular weight excluding hydrogens is 294 g/mol. The van der Waals surface area contributed by atoms with Crippen LogP contribution in [0.4, 0.5) is 5.69 Å². The molecule has 2 heterocycles. The highest BCUT2D eigenvalue weighted by molar-refractivity contribution is 5.93. The van der Waals surface area contributed by atoms with Gasteiger partial charge in [0.2, 0.25) is 5.91 Å². The minimum atomic E-state index is -0.314. The van der Waals surface area contributed by atoms with Crippen molar-refractivity contribution in [3.05, 3.63) is 11.4 Å². The van der Waals surface area contributed by atoms with E-state index in [1.165, 1.54) is 0 Å². The van der Waals surface area contributed by atoms with Crippen LogP contribution in [-0.4, -0.2) is 75.9 Å². The maximum Gasteiger partial charge on any atom is 0.238 e. The molecule has 0 radical (unpaired) electrons. The van der Waals surface area contributed by atoms with Crippen molar-refractivity contribution >= 4 is 11.6 Å². The van der Waals surface area contributed by atoms with Gasteiger partial charge in [-0.2, -0.15) is 5.10 Å². The van der Waals surface area contributed by atoms with E-state index in [-0.39, 0.29) is 12.0 Å². The number of nitrogens with zero attached hydrogens (tertiary/aromatic N) is 3. The summed E-state index contributed by atoms with van der Waals surface area (Å²) in [5.41, 5.74) is 2.47. The summed E-state index contributed by atoms with van der Waals surface area (Å²) in [6.07, 6.45) is 0.705. The lowest BCUT2D eigenvalue weighted by Gasteiger charge is -2.41. The second kappa shape index (κ2) is 7.90. The van der Waals surface area contributed by atoms with E-state index < -0.39 is 0 Å². The number of rotatable bonds is 6. The van der Waals surface area contributed by atoms with Gasteiger partial charge in [0.1, 0.15) is 0 Å². The van der Waals surface area contributed by atoms with Crippen molar-refractivity contribution in [1.29, 1.82) is 0 Å². The number of amides is 1. The molecule has 1 fully saturated rings. The van der Waals surface area contributed by atoms with E-state index >= 15 is 0 Å². The van der Waals surface area contributed by atoms with E-state index in [9.17, 15) is 9.90 Å². The summed E-state index contributed by atoms with van der Waals surface area (Å²) < 4.78 is 0. The fourth-order valence-corrected chi connectivity index (χ4v) is 3.18. The standard InChI is InChI=1S/C16H29N5O2/c1-5-14-9-20(6-7-21(14)8-11(2)22)10-15(23)17-16-12(3)18-19-13(16)4/h11,14,22H,5-10H2,1-4H3,(H,17,23)(H,18,19)/t11-,14+/m0/s1. The van der Waals surface area contributed by atoms with E-state index in [0.29, 0.717) is 19.1 Å². The van der Waals surface area contributed by atoms with Gasteiger partial charge in [0.25, 0.3) is 0 Å². The van der Waals surface area contributed by atoms with Gasteiger partial charge in [0.15, 0.2) is 0 Å². The molecule has 0 aromatic carbocycles. The van der Waals surface area contributed by atoms with Gasteiger partial charge < -0.3 is 10.4 Å². The summed E-state index contributed by atoms with van der Waals surface area (Å²) >= 11 is 0. The van der Waals surface area contributed by atoms with Gasteiger partial charge in [0.05, 0.1) is 29.7 Å². The van der Waals surface area contributed by atoms with Crippen LogP contribution in [0.2, 0.25) is 0 Å². The number of hydrogen-bond donors (Lipinski definition) is 3. The number of nitrogens with one attached hydrogen (secondary N) is 2. The number of carbonyl (C=O) groups is 1. The molecule has 0 aliphatic carbocycles. The van der Waals surface area contributed by atoms with Crippen molar-refractivity contribution in [1.82, 2.24) is 20.0 Å². The van der Waals surface area contributed by atoms with Crippen molar-refractivity contribution in [2.75, 3.05) is 38.0 Å². The largest absolute Gasteiger partial charge is 0.392 e. The minimum absolute atomic E-state index is 0.00331. The number of hydrogen-bond acceptors (Lipinski definition) is 5. The fraction of sp³-hybridized carbons (Fsp3) is 0.750. The Bertz CT molecular complexity index is 509. The van der Waals surface area contributed by atoms with Crippen LogP contribution in [-0.2, 0) is 4.79 Å². The first-order valence-corrected chi connectivity index (χ1v) is 8.36. The summed E-state index contributed by atoms with van der Waals surface area (Å²) in [4.78, 5) is 16.8. The van der Waals surface area contributed by atoms with Crippen LogP contribution < -0.4 is 5.32 Å². The van der Waals surface area contributed by atoms with Gasteiger partial charge in [-0.3, -0.25) is 19.7 Å².